The maximum Gasteiger partial charge on any atom is 0.0856 e. The lowest BCUT2D eigenvalue weighted by Gasteiger charge is -2.15. The summed E-state index contributed by atoms with van der Waals surface area (Å²) in [5.41, 5.74) is 7.90. The summed E-state index contributed by atoms with van der Waals surface area (Å²) in [6.07, 6.45) is 1.84. The first-order valence-corrected chi connectivity index (χ1v) is 4.64. The van der Waals surface area contributed by atoms with Gasteiger partial charge in [-0.1, -0.05) is 0 Å². The van der Waals surface area contributed by atoms with Crippen LogP contribution >= 0.6 is 10.8 Å². The average molecular weight is 171 g/mol. The molecule has 1 atom stereocenters. The molecule has 3 N–H and O–H groups in total. The largest absolute Gasteiger partial charge is 0.392 e. The first-order valence-electron chi connectivity index (χ1n) is 3.46. The lowest BCUT2D eigenvalue weighted by Crippen LogP contribution is -2.07. The predicted octanol–water partition coefficient (Wildman–Crippen LogP) is 2.07. The van der Waals surface area contributed by atoms with Crippen molar-refractivity contribution in [2.45, 2.75) is 20.8 Å². The van der Waals surface area contributed by atoms with E-state index in [-0.39, 0.29) is 0 Å². The molecule has 11 heavy (non-hydrogen) atoms. The fourth-order valence-corrected chi connectivity index (χ4v) is 2.07. The van der Waals surface area contributed by atoms with Gasteiger partial charge < -0.3 is 10.3 Å². The van der Waals surface area contributed by atoms with Gasteiger partial charge in [0.15, 0.2) is 0 Å². The number of rotatable bonds is 0. The Balaban J connectivity index is 3.28. The highest BCUT2D eigenvalue weighted by Crippen LogP contribution is 2.28. The Bertz CT molecular complexity index is 281. The van der Waals surface area contributed by atoms with E-state index in [0.717, 1.165) is 16.0 Å². The summed E-state index contributed by atoms with van der Waals surface area (Å²) in [5, 5.41) is 0.575. The number of hydrogen-bond acceptors (Lipinski definition) is 2. The third-order valence-corrected chi connectivity index (χ3v) is 3.44. The molecule has 0 aliphatic carbocycles. The van der Waals surface area contributed by atoms with E-state index < -0.39 is 10.8 Å². The van der Waals surface area contributed by atoms with Gasteiger partial charge in [-0.3, -0.25) is 0 Å². The highest BCUT2D eigenvalue weighted by Gasteiger charge is 2.10. The van der Waals surface area contributed by atoms with Crippen molar-refractivity contribution in [3.63, 3.8) is 0 Å². The van der Waals surface area contributed by atoms with E-state index in [1.807, 2.05) is 26.8 Å². The van der Waals surface area contributed by atoms with Crippen LogP contribution in [-0.4, -0.2) is 9.42 Å². The van der Waals surface area contributed by atoms with E-state index in [9.17, 15) is 4.55 Å². The van der Waals surface area contributed by atoms with Crippen molar-refractivity contribution in [2.24, 2.45) is 5.73 Å². The zero-order chi connectivity index (χ0) is 8.59. The second-order valence-corrected chi connectivity index (χ2v) is 4.35. The summed E-state index contributed by atoms with van der Waals surface area (Å²) in [6, 6.07) is 0. The van der Waals surface area contributed by atoms with Crippen LogP contribution < -0.4 is 5.73 Å². The Morgan fingerprint density at radius 3 is 2.45 bits per heavy atom. The van der Waals surface area contributed by atoms with Crippen LogP contribution in [0.5, 0.6) is 0 Å². The van der Waals surface area contributed by atoms with Gasteiger partial charge in [-0.25, -0.2) is 0 Å². The standard InChI is InChI=1S/C8H13NOS/c1-5-4-8(9)11(10)7(3)6(5)2/h4,10H,9H2,1-3H3. The van der Waals surface area contributed by atoms with Gasteiger partial charge in [0.05, 0.1) is 5.03 Å². The Labute approximate surface area is 69.5 Å². The van der Waals surface area contributed by atoms with Crippen LogP contribution in [0.4, 0.5) is 0 Å². The van der Waals surface area contributed by atoms with Crippen LogP contribution in [-0.2, 0) is 0 Å². The fourth-order valence-electron chi connectivity index (χ4n) is 0.977. The molecular formula is C8H13NOS. The van der Waals surface area contributed by atoms with Crippen LogP contribution in [0.3, 0.4) is 0 Å². The average Bonchev–Trinajstić information content (AvgIpc) is 1.97. The minimum atomic E-state index is -0.833. The van der Waals surface area contributed by atoms with Gasteiger partial charge in [0.1, 0.15) is 0 Å². The Morgan fingerprint density at radius 1 is 1.36 bits per heavy atom. The highest BCUT2D eigenvalue weighted by atomic mass is 32.2. The second kappa shape index (κ2) is 2.83. The maximum absolute atomic E-state index is 9.50. The number of hydrogen-bond donors (Lipinski definition) is 2. The van der Waals surface area contributed by atoms with E-state index in [4.69, 9.17) is 5.73 Å². The van der Waals surface area contributed by atoms with Gasteiger partial charge >= 0.3 is 0 Å². The summed E-state index contributed by atoms with van der Waals surface area (Å²) < 4.78 is 9.50. The molecule has 0 saturated carbocycles. The van der Waals surface area contributed by atoms with Crippen molar-refractivity contribution in [2.75, 3.05) is 0 Å². The van der Waals surface area contributed by atoms with E-state index in [2.05, 4.69) is 0 Å². The highest BCUT2D eigenvalue weighted by molar-refractivity contribution is 8.14. The van der Waals surface area contributed by atoms with Crippen molar-refractivity contribution in [3.8, 4) is 0 Å². The lowest BCUT2D eigenvalue weighted by atomic mass is 10.1. The zero-order valence-electron chi connectivity index (χ0n) is 7.01. The molecule has 0 amide bonds. The molecule has 0 aromatic heterocycles. The van der Waals surface area contributed by atoms with Gasteiger partial charge in [-0.15, -0.1) is 0 Å². The molecule has 1 heterocycles. The molecule has 1 aliphatic heterocycles. The lowest BCUT2D eigenvalue weighted by molar-refractivity contribution is 0.664. The third-order valence-electron chi connectivity index (χ3n) is 1.99. The van der Waals surface area contributed by atoms with Gasteiger partial charge in [0.25, 0.3) is 0 Å². The van der Waals surface area contributed by atoms with Crippen molar-refractivity contribution in [3.05, 3.63) is 22.3 Å². The first-order chi connectivity index (χ1) is 5.04. The van der Waals surface area contributed by atoms with E-state index >= 15 is 0 Å². The number of nitrogens with two attached hydrogens (primary N) is 1. The molecule has 3 heteroatoms. The minimum Gasteiger partial charge on any atom is -0.392 e. The molecule has 0 aromatic rings. The van der Waals surface area contributed by atoms with E-state index in [0.29, 0.717) is 5.03 Å². The Morgan fingerprint density at radius 2 is 1.91 bits per heavy atom. The van der Waals surface area contributed by atoms with Crippen LogP contribution in [0.1, 0.15) is 20.8 Å². The predicted molar refractivity (Wildman–Crippen MR) is 51.5 cm³/mol. The molecule has 0 saturated heterocycles. The summed E-state index contributed by atoms with van der Waals surface area (Å²) in [7, 11) is -0.833. The zero-order valence-corrected chi connectivity index (χ0v) is 7.83. The van der Waals surface area contributed by atoms with E-state index in [1.54, 1.807) is 0 Å². The quantitative estimate of drug-likeness (QED) is 0.548. The van der Waals surface area contributed by atoms with Gasteiger partial charge in [-0.05, 0) is 48.8 Å². The topological polar surface area (TPSA) is 46.2 Å². The summed E-state index contributed by atoms with van der Waals surface area (Å²) in [4.78, 5) is 0.988. The monoisotopic (exact) mass is 171 g/mol. The third kappa shape index (κ3) is 1.39. The van der Waals surface area contributed by atoms with Crippen molar-refractivity contribution < 1.29 is 4.55 Å². The Kier molecular flexibility index (Phi) is 2.20. The molecule has 0 radical (unpaired) electrons. The maximum atomic E-state index is 9.50. The molecule has 0 bridgehead atoms. The molecule has 62 valence electrons. The van der Waals surface area contributed by atoms with Crippen molar-refractivity contribution >= 4 is 15.6 Å². The second-order valence-electron chi connectivity index (χ2n) is 2.70. The van der Waals surface area contributed by atoms with Crippen molar-refractivity contribution in [1.29, 1.82) is 0 Å². The normalized spacial score (nSPS) is 25.6. The van der Waals surface area contributed by atoms with Gasteiger partial charge in [-0.2, -0.15) is 0 Å². The molecule has 0 aromatic carbocycles. The van der Waals surface area contributed by atoms with E-state index in [1.165, 1.54) is 0 Å². The fraction of sp³-hybridized carbons (Fsp3) is 0.375. The first kappa shape index (κ1) is 8.56. The SMILES string of the molecule is CC1=C(C)C(C)=S(O)C(N)=C1. The van der Waals surface area contributed by atoms with Crippen LogP contribution in [0.15, 0.2) is 22.3 Å². The summed E-state index contributed by atoms with van der Waals surface area (Å²) >= 11 is 0. The summed E-state index contributed by atoms with van der Waals surface area (Å²) in [5.74, 6) is 0. The molecule has 1 aliphatic rings. The molecule has 1 rings (SSSR count). The molecule has 2 nitrogen and oxygen atoms in total. The van der Waals surface area contributed by atoms with Gasteiger partial charge in [0, 0.05) is 4.86 Å². The van der Waals surface area contributed by atoms with Crippen molar-refractivity contribution in [1.82, 2.24) is 0 Å². The Hall–Kier alpha value is -0.540. The smallest absolute Gasteiger partial charge is 0.0856 e. The number of allylic oxidation sites excluding steroid dienone is 3. The molecular weight excluding hydrogens is 158 g/mol. The van der Waals surface area contributed by atoms with Crippen LogP contribution in [0.25, 0.3) is 0 Å². The molecule has 0 fully saturated rings. The molecule has 1 unspecified atom stereocenters. The minimum absolute atomic E-state index is 0.575. The van der Waals surface area contributed by atoms with Gasteiger partial charge in [0.2, 0.25) is 0 Å². The van der Waals surface area contributed by atoms with Crippen LogP contribution in [0, 0.1) is 0 Å². The van der Waals surface area contributed by atoms with Crippen LogP contribution in [0.2, 0.25) is 0 Å². The summed E-state index contributed by atoms with van der Waals surface area (Å²) in [6.45, 7) is 5.92. The molecule has 0 spiro atoms.